The summed E-state index contributed by atoms with van der Waals surface area (Å²) in [6.45, 7) is 0.263. The first-order chi connectivity index (χ1) is 8.75. The van der Waals surface area contributed by atoms with Crippen molar-refractivity contribution in [3.05, 3.63) is 0 Å². The largest absolute Gasteiger partial charge is 0.481 e. The maximum Gasteiger partial charge on any atom is 0.411 e. The lowest BCUT2D eigenvalue weighted by atomic mass is 9.99. The molecule has 0 radical (unpaired) electrons. The highest BCUT2D eigenvalue weighted by atomic mass is 19.4. The van der Waals surface area contributed by atoms with Gasteiger partial charge in [0, 0.05) is 13.1 Å². The number of aliphatic carboxylic acids is 1. The predicted octanol–water partition coefficient (Wildman–Crippen LogP) is 1.59. The molecule has 19 heavy (non-hydrogen) atoms. The number of carboxylic acid groups (broad SMARTS) is 1. The molecule has 1 saturated carbocycles. The lowest BCUT2D eigenvalue weighted by Crippen LogP contribution is -2.55. The molecule has 1 aliphatic heterocycles. The molecule has 0 aromatic rings. The second kappa shape index (κ2) is 4.57. The van der Waals surface area contributed by atoms with Gasteiger partial charge in [0.1, 0.15) is 5.54 Å². The van der Waals surface area contributed by atoms with Crippen molar-refractivity contribution >= 4 is 12.0 Å². The number of carbonyl (C=O) groups is 2. The van der Waals surface area contributed by atoms with Crippen molar-refractivity contribution < 1.29 is 27.9 Å². The second-order valence-electron chi connectivity index (χ2n) is 5.13. The van der Waals surface area contributed by atoms with Crippen molar-refractivity contribution in [2.24, 2.45) is 5.92 Å². The topological polar surface area (TPSA) is 69.6 Å². The fraction of sp³-hybridized carbons (Fsp3) is 0.818. The Morgan fingerprint density at radius 3 is 2.42 bits per heavy atom. The highest BCUT2D eigenvalue weighted by molar-refractivity contribution is 5.77. The number of carbonyl (C=O) groups excluding carboxylic acids is 1. The van der Waals surface area contributed by atoms with Crippen LogP contribution in [0.4, 0.5) is 18.0 Å². The van der Waals surface area contributed by atoms with Crippen LogP contribution in [0.15, 0.2) is 0 Å². The summed E-state index contributed by atoms with van der Waals surface area (Å²) in [7, 11) is 0. The average Bonchev–Trinajstić information content (AvgIpc) is 3.09. The predicted molar refractivity (Wildman–Crippen MR) is 58.5 cm³/mol. The zero-order chi connectivity index (χ0) is 14.3. The molecule has 0 bridgehead atoms. The molecule has 2 amide bonds. The Morgan fingerprint density at radius 2 is 1.95 bits per heavy atom. The molecule has 2 rings (SSSR count). The summed E-state index contributed by atoms with van der Waals surface area (Å²) in [5.41, 5.74) is -2.10. The smallest absolute Gasteiger partial charge is 0.411 e. The molecule has 1 atom stereocenters. The Kier molecular flexibility index (Phi) is 3.36. The van der Waals surface area contributed by atoms with Crippen molar-refractivity contribution in [3.63, 3.8) is 0 Å². The van der Waals surface area contributed by atoms with Crippen LogP contribution in [-0.4, -0.2) is 46.8 Å². The molecule has 5 nitrogen and oxygen atoms in total. The molecule has 1 aliphatic carbocycles. The van der Waals surface area contributed by atoms with Crippen LogP contribution in [-0.2, 0) is 4.79 Å². The molecule has 0 spiro atoms. The maximum absolute atomic E-state index is 12.7. The molecular weight excluding hydrogens is 265 g/mol. The average molecular weight is 280 g/mol. The van der Waals surface area contributed by atoms with Gasteiger partial charge >= 0.3 is 18.2 Å². The Balaban J connectivity index is 1.95. The van der Waals surface area contributed by atoms with E-state index < -0.39 is 29.6 Å². The number of nitrogens with zero attached hydrogens (tertiary/aromatic N) is 1. The van der Waals surface area contributed by atoms with Crippen LogP contribution in [0.1, 0.15) is 25.7 Å². The van der Waals surface area contributed by atoms with Gasteiger partial charge in [0.2, 0.25) is 0 Å². The molecule has 2 fully saturated rings. The number of likely N-dealkylation sites (tertiary alicyclic amines) is 1. The monoisotopic (exact) mass is 280 g/mol. The number of rotatable bonds is 2. The van der Waals surface area contributed by atoms with E-state index in [1.54, 1.807) is 0 Å². The number of piperidine rings is 1. The lowest BCUT2D eigenvalue weighted by Gasteiger charge is -2.32. The summed E-state index contributed by atoms with van der Waals surface area (Å²) in [5.74, 6) is -1.71. The maximum atomic E-state index is 12.7. The third kappa shape index (κ3) is 2.76. The number of hydrogen-bond acceptors (Lipinski definition) is 2. The van der Waals surface area contributed by atoms with Gasteiger partial charge in [-0.2, -0.15) is 13.2 Å². The summed E-state index contributed by atoms with van der Waals surface area (Å²) >= 11 is 0. The number of carboxylic acids is 1. The van der Waals surface area contributed by atoms with Crippen LogP contribution in [0.3, 0.4) is 0 Å². The van der Waals surface area contributed by atoms with Gasteiger partial charge in [0.05, 0.1) is 5.92 Å². The summed E-state index contributed by atoms with van der Waals surface area (Å²) < 4.78 is 38.1. The van der Waals surface area contributed by atoms with Crippen molar-refractivity contribution in [1.82, 2.24) is 10.2 Å². The van der Waals surface area contributed by atoms with E-state index in [0.717, 1.165) is 4.90 Å². The number of halogens is 3. The molecule has 8 heteroatoms. The van der Waals surface area contributed by atoms with E-state index >= 15 is 0 Å². The third-order valence-electron chi connectivity index (χ3n) is 3.70. The SMILES string of the molecule is O=C(O)[C@H]1CCCN(C(=O)NC2(C(F)(F)F)CC2)C1. The summed E-state index contributed by atoms with van der Waals surface area (Å²) in [5, 5.41) is 10.9. The molecule has 2 aliphatic rings. The molecule has 1 heterocycles. The second-order valence-corrected chi connectivity index (χ2v) is 5.13. The van der Waals surface area contributed by atoms with Crippen LogP contribution < -0.4 is 5.32 Å². The van der Waals surface area contributed by atoms with Gasteiger partial charge in [-0.25, -0.2) is 4.79 Å². The van der Waals surface area contributed by atoms with Crippen LogP contribution in [0.2, 0.25) is 0 Å². The van der Waals surface area contributed by atoms with Gasteiger partial charge in [-0.15, -0.1) is 0 Å². The molecule has 2 N–H and O–H groups in total. The van der Waals surface area contributed by atoms with Crippen molar-refractivity contribution in [3.8, 4) is 0 Å². The zero-order valence-corrected chi connectivity index (χ0v) is 10.2. The van der Waals surface area contributed by atoms with E-state index in [2.05, 4.69) is 0 Å². The van der Waals surface area contributed by atoms with Crippen LogP contribution in [0.25, 0.3) is 0 Å². The molecule has 0 unspecified atom stereocenters. The quantitative estimate of drug-likeness (QED) is 0.807. The van der Waals surface area contributed by atoms with Gasteiger partial charge in [-0.3, -0.25) is 4.79 Å². The molecule has 0 aromatic heterocycles. The Bertz CT molecular complexity index is 393. The van der Waals surface area contributed by atoms with Crippen molar-refractivity contribution in [2.75, 3.05) is 13.1 Å². The van der Waals surface area contributed by atoms with E-state index in [0.29, 0.717) is 19.4 Å². The number of urea groups is 1. The van der Waals surface area contributed by atoms with Crippen molar-refractivity contribution in [1.29, 1.82) is 0 Å². The van der Waals surface area contributed by atoms with E-state index in [1.807, 2.05) is 5.32 Å². The molecule has 0 aromatic carbocycles. The fourth-order valence-corrected chi connectivity index (χ4v) is 2.25. The normalized spacial score (nSPS) is 25.8. The van der Waals surface area contributed by atoms with Gasteiger partial charge in [0.15, 0.2) is 0 Å². The number of amides is 2. The summed E-state index contributed by atoms with van der Waals surface area (Å²) in [6.07, 6.45) is -3.74. The zero-order valence-electron chi connectivity index (χ0n) is 10.2. The fourth-order valence-electron chi connectivity index (χ4n) is 2.25. The van der Waals surface area contributed by atoms with E-state index in [-0.39, 0.29) is 19.4 Å². The first kappa shape index (κ1) is 14.0. The minimum absolute atomic E-state index is 0.0326. The molecule has 108 valence electrons. The van der Waals surface area contributed by atoms with E-state index in [4.69, 9.17) is 5.11 Å². The van der Waals surface area contributed by atoms with E-state index in [1.165, 1.54) is 0 Å². The van der Waals surface area contributed by atoms with Crippen LogP contribution in [0.5, 0.6) is 0 Å². The number of hydrogen-bond donors (Lipinski definition) is 2. The first-order valence-electron chi connectivity index (χ1n) is 6.12. The first-order valence-corrected chi connectivity index (χ1v) is 6.12. The van der Waals surface area contributed by atoms with Crippen LogP contribution in [0, 0.1) is 5.92 Å². The minimum Gasteiger partial charge on any atom is -0.481 e. The van der Waals surface area contributed by atoms with Crippen molar-refractivity contribution in [2.45, 2.75) is 37.4 Å². The third-order valence-corrected chi connectivity index (χ3v) is 3.70. The summed E-state index contributed by atoms with van der Waals surface area (Å²) in [6, 6.07) is -0.819. The Hall–Kier alpha value is -1.47. The lowest BCUT2D eigenvalue weighted by molar-refractivity contribution is -0.163. The van der Waals surface area contributed by atoms with Gasteiger partial charge in [-0.1, -0.05) is 0 Å². The van der Waals surface area contributed by atoms with E-state index in [9.17, 15) is 22.8 Å². The van der Waals surface area contributed by atoms with Gasteiger partial charge < -0.3 is 15.3 Å². The van der Waals surface area contributed by atoms with Gasteiger partial charge in [0.25, 0.3) is 0 Å². The molecular formula is C11H15F3N2O3. The standard InChI is InChI=1S/C11H15F3N2O3/c12-11(13,14)10(3-4-10)15-9(19)16-5-1-2-7(6-16)8(17)18/h7H,1-6H2,(H,15,19)(H,17,18)/t7-/m0/s1. The Labute approximate surface area is 107 Å². The highest BCUT2D eigenvalue weighted by Crippen LogP contribution is 2.49. The number of nitrogens with one attached hydrogen (secondary N) is 1. The molecule has 1 saturated heterocycles. The minimum atomic E-state index is -4.45. The Morgan fingerprint density at radius 1 is 1.32 bits per heavy atom. The summed E-state index contributed by atoms with van der Waals surface area (Å²) in [4.78, 5) is 23.8. The van der Waals surface area contributed by atoms with Crippen LogP contribution >= 0.6 is 0 Å². The number of alkyl halides is 3. The highest BCUT2D eigenvalue weighted by Gasteiger charge is 2.64. The van der Waals surface area contributed by atoms with Gasteiger partial charge in [-0.05, 0) is 25.7 Å².